The van der Waals surface area contributed by atoms with Gasteiger partial charge >= 0.3 is 0 Å². The van der Waals surface area contributed by atoms with Crippen LogP contribution in [0.15, 0.2) is 48.8 Å². The number of nitrogen functional groups attached to an aromatic ring is 1. The molecule has 3 aromatic rings. The highest BCUT2D eigenvalue weighted by molar-refractivity contribution is 5.69. The fraction of sp³-hybridized carbons (Fsp3) is 0.318. The minimum Gasteiger partial charge on any atom is -0.488 e. The molecule has 156 valence electrons. The molecule has 0 saturated carbocycles. The maximum absolute atomic E-state index is 9.57. The van der Waals surface area contributed by atoms with Crippen molar-refractivity contribution in [3.63, 3.8) is 0 Å². The zero-order valence-electron chi connectivity index (χ0n) is 16.8. The largest absolute Gasteiger partial charge is 0.488 e. The van der Waals surface area contributed by atoms with Gasteiger partial charge in [0.1, 0.15) is 11.9 Å². The summed E-state index contributed by atoms with van der Waals surface area (Å²) < 4.78 is 11.4. The molecule has 4 rings (SSSR count). The van der Waals surface area contributed by atoms with Crippen LogP contribution in [0.3, 0.4) is 0 Å². The molecule has 1 atom stereocenters. The minimum atomic E-state index is -0.609. The van der Waals surface area contributed by atoms with E-state index in [1.807, 2.05) is 30.3 Å². The van der Waals surface area contributed by atoms with E-state index in [1.54, 1.807) is 25.4 Å². The zero-order chi connectivity index (χ0) is 20.9. The van der Waals surface area contributed by atoms with Crippen LogP contribution in [0.4, 0.5) is 17.3 Å². The zero-order valence-corrected chi connectivity index (χ0v) is 16.8. The first-order valence-corrected chi connectivity index (χ1v) is 9.97. The fourth-order valence-electron chi connectivity index (χ4n) is 3.22. The lowest BCUT2D eigenvalue weighted by Crippen LogP contribution is -2.26. The molecular formula is C22H25N5O3. The summed E-state index contributed by atoms with van der Waals surface area (Å²) >= 11 is 0. The number of rotatable bonds is 6. The smallest absolute Gasteiger partial charge is 0.227 e. The molecule has 0 bridgehead atoms. The Morgan fingerprint density at radius 1 is 1.17 bits per heavy atom. The fourth-order valence-corrected chi connectivity index (χ4v) is 3.22. The van der Waals surface area contributed by atoms with Crippen LogP contribution in [0.1, 0.15) is 31.6 Å². The van der Waals surface area contributed by atoms with Gasteiger partial charge in [0.15, 0.2) is 0 Å². The van der Waals surface area contributed by atoms with Crippen molar-refractivity contribution in [3.8, 4) is 17.0 Å². The highest BCUT2D eigenvalue weighted by Crippen LogP contribution is 2.30. The van der Waals surface area contributed by atoms with E-state index in [-0.39, 0.29) is 6.10 Å². The van der Waals surface area contributed by atoms with Crippen LogP contribution in [-0.2, 0) is 4.74 Å². The molecular weight excluding hydrogens is 382 g/mol. The van der Waals surface area contributed by atoms with E-state index in [0.717, 1.165) is 43.0 Å². The van der Waals surface area contributed by atoms with Gasteiger partial charge in [-0.3, -0.25) is 4.98 Å². The SMILES string of the molecule is CC(O)c1ccc(Nc2nccc(-c3ccc(OC4CCOCC4)c(N)c3)n2)cn1. The number of ether oxygens (including phenoxy) is 2. The van der Waals surface area contributed by atoms with Crippen LogP contribution in [0, 0.1) is 0 Å². The summed E-state index contributed by atoms with van der Waals surface area (Å²) in [6, 6.07) is 11.1. The van der Waals surface area contributed by atoms with Gasteiger partial charge in [0, 0.05) is 24.6 Å². The number of nitrogens with two attached hydrogens (primary N) is 1. The Hall–Kier alpha value is -3.23. The van der Waals surface area contributed by atoms with E-state index in [9.17, 15) is 5.11 Å². The number of aliphatic hydroxyl groups excluding tert-OH is 1. The summed E-state index contributed by atoms with van der Waals surface area (Å²) in [5.74, 6) is 1.13. The summed E-state index contributed by atoms with van der Waals surface area (Å²) in [5, 5.41) is 12.7. The molecule has 1 aliphatic heterocycles. The molecule has 1 saturated heterocycles. The number of nitrogens with zero attached hydrogens (tertiary/aromatic N) is 3. The summed E-state index contributed by atoms with van der Waals surface area (Å²) in [4.78, 5) is 13.1. The number of pyridine rings is 1. The number of hydrogen-bond acceptors (Lipinski definition) is 8. The van der Waals surface area contributed by atoms with Crippen molar-refractivity contribution in [2.75, 3.05) is 24.3 Å². The Morgan fingerprint density at radius 2 is 2.00 bits per heavy atom. The number of nitrogens with one attached hydrogen (secondary N) is 1. The van der Waals surface area contributed by atoms with Crippen LogP contribution < -0.4 is 15.8 Å². The Bertz CT molecular complexity index is 988. The van der Waals surface area contributed by atoms with Crippen molar-refractivity contribution in [1.82, 2.24) is 15.0 Å². The normalized spacial score (nSPS) is 15.5. The van der Waals surface area contributed by atoms with Gasteiger partial charge in [-0.05, 0) is 43.3 Å². The number of benzene rings is 1. The van der Waals surface area contributed by atoms with Gasteiger partial charge in [-0.15, -0.1) is 0 Å². The van der Waals surface area contributed by atoms with Crippen LogP contribution in [0.5, 0.6) is 5.75 Å². The van der Waals surface area contributed by atoms with Crippen LogP contribution in [0.2, 0.25) is 0 Å². The van der Waals surface area contributed by atoms with Crippen molar-refractivity contribution in [1.29, 1.82) is 0 Å². The quantitative estimate of drug-likeness (QED) is 0.532. The molecule has 2 aromatic heterocycles. The van der Waals surface area contributed by atoms with E-state index < -0.39 is 6.10 Å². The van der Waals surface area contributed by atoms with E-state index in [2.05, 4.69) is 20.3 Å². The molecule has 1 aromatic carbocycles. The summed E-state index contributed by atoms with van der Waals surface area (Å²) in [6.45, 7) is 3.11. The standard InChI is InChI=1S/C22H25N5O3/c1-14(28)19-4-3-16(13-25-19)26-22-24-9-6-20(27-22)15-2-5-21(18(23)12-15)30-17-7-10-29-11-8-17/h2-6,9,12-14,17,28H,7-8,10-11,23H2,1H3,(H,24,26,27). The molecule has 0 aliphatic carbocycles. The average Bonchev–Trinajstić information content (AvgIpc) is 2.76. The monoisotopic (exact) mass is 407 g/mol. The van der Waals surface area contributed by atoms with Crippen molar-refractivity contribution >= 4 is 17.3 Å². The Morgan fingerprint density at radius 3 is 2.70 bits per heavy atom. The highest BCUT2D eigenvalue weighted by Gasteiger charge is 2.17. The molecule has 30 heavy (non-hydrogen) atoms. The van der Waals surface area contributed by atoms with Crippen molar-refractivity contribution in [3.05, 3.63) is 54.5 Å². The first kappa shape index (κ1) is 20.1. The van der Waals surface area contributed by atoms with Crippen molar-refractivity contribution in [2.24, 2.45) is 0 Å². The molecule has 8 heteroatoms. The lowest BCUT2D eigenvalue weighted by atomic mass is 10.1. The predicted molar refractivity (Wildman–Crippen MR) is 115 cm³/mol. The molecule has 3 heterocycles. The number of aromatic nitrogens is 3. The van der Waals surface area contributed by atoms with Gasteiger partial charge in [-0.25, -0.2) is 9.97 Å². The molecule has 0 radical (unpaired) electrons. The van der Waals surface area contributed by atoms with E-state index in [4.69, 9.17) is 15.2 Å². The molecule has 0 spiro atoms. The molecule has 1 fully saturated rings. The minimum absolute atomic E-state index is 0.135. The maximum atomic E-state index is 9.57. The topological polar surface area (TPSA) is 115 Å². The van der Waals surface area contributed by atoms with Gasteiger partial charge in [-0.1, -0.05) is 0 Å². The second-order valence-electron chi connectivity index (χ2n) is 7.22. The van der Waals surface area contributed by atoms with Crippen LogP contribution in [-0.4, -0.2) is 39.4 Å². The Labute approximate surface area is 175 Å². The van der Waals surface area contributed by atoms with E-state index in [0.29, 0.717) is 23.1 Å². The maximum Gasteiger partial charge on any atom is 0.227 e. The van der Waals surface area contributed by atoms with Gasteiger partial charge < -0.3 is 25.6 Å². The second-order valence-corrected chi connectivity index (χ2v) is 7.22. The first-order valence-electron chi connectivity index (χ1n) is 9.97. The molecule has 8 nitrogen and oxygen atoms in total. The van der Waals surface area contributed by atoms with E-state index in [1.165, 1.54) is 0 Å². The average molecular weight is 407 g/mol. The molecule has 1 unspecified atom stereocenters. The Kier molecular flexibility index (Phi) is 6.06. The van der Waals surface area contributed by atoms with E-state index >= 15 is 0 Å². The second kappa shape index (κ2) is 9.06. The Balaban J connectivity index is 1.48. The molecule has 1 aliphatic rings. The highest BCUT2D eigenvalue weighted by atomic mass is 16.5. The number of hydrogen-bond donors (Lipinski definition) is 3. The lowest BCUT2D eigenvalue weighted by Gasteiger charge is -2.24. The van der Waals surface area contributed by atoms with Crippen molar-refractivity contribution < 1.29 is 14.6 Å². The number of anilines is 3. The van der Waals surface area contributed by atoms with Crippen LogP contribution in [0.25, 0.3) is 11.3 Å². The summed E-state index contributed by atoms with van der Waals surface area (Å²) in [5.41, 5.74) is 9.76. The van der Waals surface area contributed by atoms with Crippen molar-refractivity contribution in [2.45, 2.75) is 32.0 Å². The molecule has 0 amide bonds. The molecule has 4 N–H and O–H groups in total. The van der Waals surface area contributed by atoms with Gasteiger partial charge in [0.2, 0.25) is 5.95 Å². The third-order valence-electron chi connectivity index (χ3n) is 4.89. The third kappa shape index (κ3) is 4.84. The summed E-state index contributed by atoms with van der Waals surface area (Å²) in [7, 11) is 0. The predicted octanol–water partition coefficient (Wildman–Crippen LogP) is 3.48. The number of aliphatic hydroxyl groups is 1. The summed E-state index contributed by atoms with van der Waals surface area (Å²) in [6.07, 6.45) is 4.59. The van der Waals surface area contributed by atoms with Gasteiger partial charge in [-0.2, -0.15) is 0 Å². The van der Waals surface area contributed by atoms with Gasteiger partial charge in [0.25, 0.3) is 0 Å². The van der Waals surface area contributed by atoms with Gasteiger partial charge in [0.05, 0.1) is 48.3 Å². The lowest BCUT2D eigenvalue weighted by molar-refractivity contribution is 0.0259. The first-order chi connectivity index (χ1) is 14.6. The third-order valence-corrected chi connectivity index (χ3v) is 4.89. The van der Waals surface area contributed by atoms with Crippen LogP contribution >= 0.6 is 0 Å².